The van der Waals surface area contributed by atoms with Gasteiger partial charge in [-0.25, -0.2) is 0 Å². The second kappa shape index (κ2) is 5.02. The van der Waals surface area contributed by atoms with Crippen LogP contribution in [0.5, 0.6) is 0 Å². The summed E-state index contributed by atoms with van der Waals surface area (Å²) in [5, 5.41) is 0. The fraction of sp³-hybridized carbons (Fsp3) is 0.625. The Hall–Kier alpha value is -0.860. The molecule has 0 heterocycles. The molecule has 0 aliphatic heterocycles. The van der Waals surface area contributed by atoms with Gasteiger partial charge in [-0.2, -0.15) is 0 Å². The van der Waals surface area contributed by atoms with Gasteiger partial charge in [0.1, 0.15) is 0 Å². The van der Waals surface area contributed by atoms with Crippen molar-refractivity contribution in [3.63, 3.8) is 0 Å². The quantitative estimate of drug-likeness (QED) is 0.868. The molecule has 0 amide bonds. The summed E-state index contributed by atoms with van der Waals surface area (Å²) in [6.07, 6.45) is 6.69. The van der Waals surface area contributed by atoms with E-state index in [1.54, 1.807) is 0 Å². The summed E-state index contributed by atoms with van der Waals surface area (Å²) in [5.74, 6) is 0.809. The molecule has 3 rings (SSSR count). The van der Waals surface area contributed by atoms with Crippen LogP contribution in [0.2, 0.25) is 0 Å². The van der Waals surface area contributed by atoms with Gasteiger partial charge in [-0.1, -0.05) is 44.0 Å². The molecule has 18 heavy (non-hydrogen) atoms. The number of rotatable bonds is 2. The fourth-order valence-electron chi connectivity index (χ4n) is 3.47. The van der Waals surface area contributed by atoms with E-state index in [1.165, 1.54) is 36.8 Å². The highest BCUT2D eigenvalue weighted by Crippen LogP contribution is 2.34. The van der Waals surface area contributed by atoms with Crippen molar-refractivity contribution in [2.45, 2.75) is 57.3 Å². The van der Waals surface area contributed by atoms with Crippen molar-refractivity contribution >= 4 is 0 Å². The van der Waals surface area contributed by atoms with E-state index in [0.29, 0.717) is 6.10 Å². The number of nitrogens with two attached hydrogens (primary N) is 1. The lowest BCUT2D eigenvalue weighted by Gasteiger charge is -2.30. The molecule has 0 aromatic heterocycles. The molecule has 2 heteroatoms. The zero-order valence-corrected chi connectivity index (χ0v) is 11.1. The number of ether oxygens (including phenoxy) is 1. The summed E-state index contributed by atoms with van der Waals surface area (Å²) in [5.41, 5.74) is 8.98. The minimum Gasteiger partial charge on any atom is -0.373 e. The predicted molar refractivity (Wildman–Crippen MR) is 73.4 cm³/mol. The molecular weight excluding hydrogens is 222 g/mol. The standard InChI is InChI=1S/C16H23NO/c1-11-5-4-7-13(9-11)18-15-10-12-6-2-3-8-14(12)16(15)17/h2-3,6,8,11,13,15-16H,4-5,7,9-10,17H2,1H3. The fourth-order valence-corrected chi connectivity index (χ4v) is 3.47. The highest BCUT2D eigenvalue weighted by atomic mass is 16.5. The Morgan fingerprint density at radius 3 is 2.83 bits per heavy atom. The second-order valence-electron chi connectivity index (χ2n) is 6.00. The molecule has 98 valence electrons. The van der Waals surface area contributed by atoms with Crippen molar-refractivity contribution < 1.29 is 4.74 Å². The van der Waals surface area contributed by atoms with Crippen LogP contribution in [-0.4, -0.2) is 12.2 Å². The van der Waals surface area contributed by atoms with E-state index >= 15 is 0 Å². The molecule has 4 unspecified atom stereocenters. The van der Waals surface area contributed by atoms with E-state index in [4.69, 9.17) is 10.5 Å². The van der Waals surface area contributed by atoms with Gasteiger partial charge in [-0.05, 0) is 29.9 Å². The monoisotopic (exact) mass is 245 g/mol. The highest BCUT2D eigenvalue weighted by molar-refractivity contribution is 5.36. The molecule has 1 aromatic rings. The molecule has 2 N–H and O–H groups in total. The molecule has 4 atom stereocenters. The Morgan fingerprint density at radius 2 is 2.06 bits per heavy atom. The van der Waals surface area contributed by atoms with Gasteiger partial charge in [0.25, 0.3) is 0 Å². The summed E-state index contributed by atoms with van der Waals surface area (Å²) in [4.78, 5) is 0. The van der Waals surface area contributed by atoms with E-state index in [9.17, 15) is 0 Å². The first-order chi connectivity index (χ1) is 8.74. The van der Waals surface area contributed by atoms with Crippen molar-refractivity contribution in [2.75, 3.05) is 0 Å². The number of fused-ring (bicyclic) bond motifs is 1. The van der Waals surface area contributed by atoms with E-state index in [0.717, 1.165) is 12.3 Å². The predicted octanol–water partition coefficient (Wildman–Crippen LogP) is 3.21. The third-order valence-corrected chi connectivity index (χ3v) is 4.49. The topological polar surface area (TPSA) is 35.2 Å². The first-order valence-corrected chi connectivity index (χ1v) is 7.23. The Labute approximate surface area is 110 Å². The van der Waals surface area contributed by atoms with Crippen LogP contribution in [0.4, 0.5) is 0 Å². The first kappa shape index (κ1) is 12.2. The Kier molecular flexibility index (Phi) is 3.40. The first-order valence-electron chi connectivity index (χ1n) is 7.23. The molecule has 0 bridgehead atoms. The Morgan fingerprint density at radius 1 is 1.22 bits per heavy atom. The molecular formula is C16H23NO. The average molecular weight is 245 g/mol. The van der Waals surface area contributed by atoms with Crippen molar-refractivity contribution in [3.8, 4) is 0 Å². The van der Waals surface area contributed by atoms with Gasteiger partial charge < -0.3 is 10.5 Å². The van der Waals surface area contributed by atoms with Crippen LogP contribution in [0.15, 0.2) is 24.3 Å². The van der Waals surface area contributed by atoms with Gasteiger partial charge in [0.15, 0.2) is 0 Å². The van der Waals surface area contributed by atoms with Crippen molar-refractivity contribution in [1.29, 1.82) is 0 Å². The van der Waals surface area contributed by atoms with Crippen LogP contribution in [0, 0.1) is 5.92 Å². The largest absolute Gasteiger partial charge is 0.373 e. The third-order valence-electron chi connectivity index (χ3n) is 4.49. The van der Waals surface area contributed by atoms with Crippen LogP contribution in [0.1, 0.15) is 49.8 Å². The van der Waals surface area contributed by atoms with Gasteiger partial charge in [0.05, 0.1) is 18.2 Å². The maximum Gasteiger partial charge on any atom is 0.0811 e. The maximum atomic E-state index is 6.32. The van der Waals surface area contributed by atoms with Crippen molar-refractivity contribution in [3.05, 3.63) is 35.4 Å². The van der Waals surface area contributed by atoms with Crippen molar-refractivity contribution in [2.24, 2.45) is 11.7 Å². The Balaban J connectivity index is 1.65. The molecule has 0 radical (unpaired) electrons. The lowest BCUT2D eigenvalue weighted by Crippen LogP contribution is -2.32. The minimum atomic E-state index is 0.0680. The van der Waals surface area contributed by atoms with Crippen molar-refractivity contribution in [1.82, 2.24) is 0 Å². The summed E-state index contributed by atoms with van der Waals surface area (Å²) < 4.78 is 6.29. The summed E-state index contributed by atoms with van der Waals surface area (Å²) in [6.45, 7) is 2.33. The second-order valence-corrected chi connectivity index (χ2v) is 6.00. The van der Waals surface area contributed by atoms with Gasteiger partial charge in [0.2, 0.25) is 0 Å². The van der Waals surface area contributed by atoms with E-state index in [1.807, 2.05) is 0 Å². The van der Waals surface area contributed by atoms with Gasteiger partial charge in [-0.15, -0.1) is 0 Å². The van der Waals surface area contributed by atoms with Gasteiger partial charge in [0, 0.05) is 6.42 Å². The molecule has 0 saturated heterocycles. The molecule has 1 aromatic carbocycles. The summed E-state index contributed by atoms with van der Waals surface area (Å²) in [6, 6.07) is 8.56. The van der Waals surface area contributed by atoms with E-state index in [-0.39, 0.29) is 12.1 Å². The van der Waals surface area contributed by atoms with Crippen LogP contribution in [-0.2, 0) is 11.2 Å². The maximum absolute atomic E-state index is 6.32. The number of benzene rings is 1. The molecule has 1 fully saturated rings. The normalized spacial score (nSPS) is 35.4. The minimum absolute atomic E-state index is 0.0680. The van der Waals surface area contributed by atoms with E-state index < -0.39 is 0 Å². The third kappa shape index (κ3) is 2.32. The van der Waals surface area contributed by atoms with E-state index in [2.05, 4.69) is 31.2 Å². The summed E-state index contributed by atoms with van der Waals surface area (Å²) >= 11 is 0. The van der Waals surface area contributed by atoms with Crippen LogP contribution < -0.4 is 5.73 Å². The SMILES string of the molecule is CC1CCCC(OC2Cc3ccccc3C2N)C1. The molecule has 2 nitrogen and oxygen atoms in total. The highest BCUT2D eigenvalue weighted by Gasteiger charge is 2.32. The summed E-state index contributed by atoms with van der Waals surface area (Å²) in [7, 11) is 0. The van der Waals surface area contributed by atoms with Gasteiger partial charge in [-0.3, -0.25) is 0 Å². The zero-order chi connectivity index (χ0) is 12.5. The number of hydrogen-bond acceptors (Lipinski definition) is 2. The van der Waals surface area contributed by atoms with Crippen LogP contribution in [0.3, 0.4) is 0 Å². The molecule has 2 aliphatic rings. The smallest absolute Gasteiger partial charge is 0.0811 e. The zero-order valence-electron chi connectivity index (χ0n) is 11.1. The Bertz CT molecular complexity index is 417. The van der Waals surface area contributed by atoms with Gasteiger partial charge >= 0.3 is 0 Å². The average Bonchev–Trinajstić information content (AvgIpc) is 2.67. The lowest BCUT2D eigenvalue weighted by atomic mass is 9.88. The lowest BCUT2D eigenvalue weighted by molar-refractivity contribution is -0.0442. The van der Waals surface area contributed by atoms with Crippen LogP contribution in [0.25, 0.3) is 0 Å². The molecule has 1 saturated carbocycles. The van der Waals surface area contributed by atoms with Crippen LogP contribution >= 0.6 is 0 Å². The molecule has 0 spiro atoms. The number of hydrogen-bond donors (Lipinski definition) is 1. The molecule has 2 aliphatic carbocycles.